The summed E-state index contributed by atoms with van der Waals surface area (Å²) in [5, 5.41) is 8.36. The van der Waals surface area contributed by atoms with Gasteiger partial charge in [0.05, 0.1) is 0 Å². The van der Waals surface area contributed by atoms with Gasteiger partial charge in [-0.15, -0.1) is 0 Å². The van der Waals surface area contributed by atoms with Gasteiger partial charge in [0, 0.05) is 11.6 Å². The topological polar surface area (TPSA) is 23.9 Å². The summed E-state index contributed by atoms with van der Waals surface area (Å²) in [7, 11) is 0. The van der Waals surface area contributed by atoms with Gasteiger partial charge in [0.25, 0.3) is 0 Å². The van der Waals surface area contributed by atoms with E-state index in [0.29, 0.717) is 11.3 Å². The van der Waals surface area contributed by atoms with E-state index in [1.54, 1.807) is 0 Å². The highest BCUT2D eigenvalue weighted by molar-refractivity contribution is 5.86. The monoisotopic (exact) mass is 297 g/mol. The Bertz CT molecular complexity index is 516. The molecule has 0 saturated heterocycles. The highest BCUT2D eigenvalue weighted by Crippen LogP contribution is 2.53. The molecular formula is C21H31N. The van der Waals surface area contributed by atoms with Crippen molar-refractivity contribution >= 4 is 5.71 Å². The Balaban J connectivity index is 1.36. The predicted molar refractivity (Wildman–Crippen MR) is 94.4 cm³/mol. The van der Waals surface area contributed by atoms with Crippen molar-refractivity contribution in [2.24, 2.45) is 29.1 Å². The molecule has 22 heavy (non-hydrogen) atoms. The number of rotatable bonds is 7. The van der Waals surface area contributed by atoms with Crippen molar-refractivity contribution in [3.63, 3.8) is 0 Å². The average Bonchev–Trinajstić information content (AvgIpc) is 3.26. The Morgan fingerprint density at radius 1 is 1.18 bits per heavy atom. The van der Waals surface area contributed by atoms with Crippen LogP contribution in [-0.4, -0.2) is 5.71 Å². The fourth-order valence-electron chi connectivity index (χ4n) is 4.31. The molecular weight excluding hydrogens is 266 g/mol. The minimum atomic E-state index is 0.539. The van der Waals surface area contributed by atoms with Crippen LogP contribution in [0.3, 0.4) is 0 Å². The zero-order valence-electron chi connectivity index (χ0n) is 14.4. The zero-order valence-corrected chi connectivity index (χ0v) is 14.4. The maximum absolute atomic E-state index is 8.36. The molecule has 2 aliphatic carbocycles. The summed E-state index contributed by atoms with van der Waals surface area (Å²) < 4.78 is 0. The molecule has 0 bridgehead atoms. The molecule has 0 heterocycles. The molecule has 4 atom stereocenters. The first-order chi connectivity index (χ1) is 10.5. The van der Waals surface area contributed by atoms with Gasteiger partial charge in [0.1, 0.15) is 0 Å². The molecule has 1 heteroatoms. The maximum Gasteiger partial charge on any atom is 0.0123 e. The summed E-state index contributed by atoms with van der Waals surface area (Å²) >= 11 is 0. The van der Waals surface area contributed by atoms with E-state index in [1.807, 2.05) is 0 Å². The molecule has 3 rings (SSSR count). The lowest BCUT2D eigenvalue weighted by molar-refractivity contribution is -0.0138. The third-order valence-electron chi connectivity index (χ3n) is 6.67. The highest BCUT2D eigenvalue weighted by atomic mass is 14.5. The Morgan fingerprint density at radius 2 is 1.91 bits per heavy atom. The van der Waals surface area contributed by atoms with Gasteiger partial charge >= 0.3 is 0 Å². The van der Waals surface area contributed by atoms with Gasteiger partial charge in [-0.25, -0.2) is 0 Å². The van der Waals surface area contributed by atoms with Gasteiger partial charge in [-0.3, -0.25) is 0 Å². The second-order valence-corrected chi connectivity index (χ2v) is 8.36. The van der Waals surface area contributed by atoms with Crippen LogP contribution < -0.4 is 0 Å². The third-order valence-corrected chi connectivity index (χ3v) is 6.67. The summed E-state index contributed by atoms with van der Waals surface area (Å²) in [6.45, 7) is 7.23. The van der Waals surface area contributed by atoms with Crippen molar-refractivity contribution < 1.29 is 0 Å². The van der Waals surface area contributed by atoms with Gasteiger partial charge in [-0.05, 0) is 67.3 Å². The molecule has 0 spiro atoms. The van der Waals surface area contributed by atoms with Crippen LogP contribution in [0, 0.1) is 34.5 Å². The molecule has 120 valence electrons. The van der Waals surface area contributed by atoms with Crippen molar-refractivity contribution in [1.82, 2.24) is 0 Å². The van der Waals surface area contributed by atoms with E-state index in [1.165, 1.54) is 37.7 Å². The van der Waals surface area contributed by atoms with E-state index in [-0.39, 0.29) is 0 Å². The van der Waals surface area contributed by atoms with Crippen LogP contribution >= 0.6 is 0 Å². The fourth-order valence-corrected chi connectivity index (χ4v) is 4.31. The first-order valence-corrected chi connectivity index (χ1v) is 9.09. The van der Waals surface area contributed by atoms with E-state index < -0.39 is 0 Å². The molecule has 0 amide bonds. The molecule has 4 unspecified atom stereocenters. The first kappa shape index (κ1) is 15.8. The molecule has 1 aromatic rings. The summed E-state index contributed by atoms with van der Waals surface area (Å²) in [6, 6.07) is 10.8. The van der Waals surface area contributed by atoms with Gasteiger partial charge in [0.15, 0.2) is 0 Å². The summed E-state index contributed by atoms with van der Waals surface area (Å²) in [5.41, 5.74) is 3.01. The molecule has 1 N–H and O–H groups in total. The van der Waals surface area contributed by atoms with Crippen LogP contribution in [0.1, 0.15) is 58.4 Å². The number of hydrogen-bond donors (Lipinski definition) is 1. The highest BCUT2D eigenvalue weighted by Gasteiger charge is 2.44. The first-order valence-electron chi connectivity index (χ1n) is 9.09. The van der Waals surface area contributed by atoms with Crippen LogP contribution in [0.5, 0.6) is 0 Å². The smallest absolute Gasteiger partial charge is 0.0123 e. The van der Waals surface area contributed by atoms with E-state index >= 15 is 0 Å². The molecule has 1 aromatic carbocycles. The Hall–Kier alpha value is -1.11. The van der Waals surface area contributed by atoms with Crippen molar-refractivity contribution in [2.45, 2.75) is 59.3 Å². The molecule has 0 aliphatic heterocycles. The Labute approximate surface area is 136 Å². The van der Waals surface area contributed by atoms with Crippen molar-refractivity contribution in [3.05, 3.63) is 35.9 Å². The summed E-state index contributed by atoms with van der Waals surface area (Å²) in [4.78, 5) is 0. The average molecular weight is 297 g/mol. The lowest BCUT2D eigenvalue weighted by atomic mass is 9.54. The maximum atomic E-state index is 8.36. The molecule has 0 radical (unpaired) electrons. The van der Waals surface area contributed by atoms with Crippen LogP contribution in [0.4, 0.5) is 0 Å². The molecule has 2 aliphatic rings. The second-order valence-electron chi connectivity index (χ2n) is 8.36. The van der Waals surface area contributed by atoms with E-state index in [0.717, 1.165) is 29.9 Å². The van der Waals surface area contributed by atoms with Crippen LogP contribution in [0.15, 0.2) is 30.3 Å². The lowest BCUT2D eigenvalue weighted by Gasteiger charge is -2.51. The fraction of sp³-hybridized carbons (Fsp3) is 0.667. The van der Waals surface area contributed by atoms with Crippen molar-refractivity contribution in [2.75, 3.05) is 0 Å². The molecule has 2 saturated carbocycles. The summed E-state index contributed by atoms with van der Waals surface area (Å²) in [5.74, 6) is 3.12. The van der Waals surface area contributed by atoms with Gasteiger partial charge < -0.3 is 5.41 Å². The predicted octanol–water partition coefficient (Wildman–Crippen LogP) is 5.74. The Kier molecular flexibility index (Phi) is 4.43. The molecule has 2 fully saturated rings. The number of hydrogen-bond acceptors (Lipinski definition) is 1. The zero-order chi connectivity index (χ0) is 15.7. The van der Waals surface area contributed by atoms with Crippen LogP contribution in [0.2, 0.25) is 0 Å². The van der Waals surface area contributed by atoms with E-state index in [9.17, 15) is 0 Å². The second kappa shape index (κ2) is 6.18. The SMILES string of the molecule is CC1CC(CCCC(=N)C2CC2Cc2ccccc2)C1(C)C. The van der Waals surface area contributed by atoms with Crippen molar-refractivity contribution in [3.8, 4) is 0 Å². The molecule has 0 aromatic heterocycles. The number of benzene rings is 1. The Morgan fingerprint density at radius 3 is 2.55 bits per heavy atom. The standard InChI is InChI=1S/C21H31N/c1-15-12-18(21(15,2)3)10-7-11-20(22)19-14-17(19)13-16-8-5-4-6-9-16/h4-6,8-9,15,17-19,22H,7,10-14H2,1-3H3. The molecule has 1 nitrogen and oxygen atoms in total. The van der Waals surface area contributed by atoms with Crippen molar-refractivity contribution in [1.29, 1.82) is 5.41 Å². The van der Waals surface area contributed by atoms with Crippen LogP contribution in [-0.2, 0) is 6.42 Å². The van der Waals surface area contributed by atoms with Gasteiger partial charge in [-0.2, -0.15) is 0 Å². The normalized spacial score (nSPS) is 32.3. The lowest BCUT2D eigenvalue weighted by Crippen LogP contribution is -2.43. The summed E-state index contributed by atoms with van der Waals surface area (Å²) in [6.07, 6.45) is 7.42. The largest absolute Gasteiger partial charge is 0.309 e. The van der Waals surface area contributed by atoms with Gasteiger partial charge in [0.2, 0.25) is 0 Å². The minimum absolute atomic E-state index is 0.539. The third kappa shape index (κ3) is 3.29. The van der Waals surface area contributed by atoms with Crippen LogP contribution in [0.25, 0.3) is 0 Å². The number of nitrogens with one attached hydrogen (secondary N) is 1. The minimum Gasteiger partial charge on any atom is -0.309 e. The van der Waals surface area contributed by atoms with Gasteiger partial charge in [-0.1, -0.05) is 51.1 Å². The van der Waals surface area contributed by atoms with E-state index in [4.69, 9.17) is 5.41 Å². The van der Waals surface area contributed by atoms with E-state index in [2.05, 4.69) is 51.1 Å². The quantitative estimate of drug-likeness (QED) is 0.621.